The van der Waals surface area contributed by atoms with Crippen LogP contribution in [0.2, 0.25) is 0 Å². The molecule has 0 atom stereocenters. The molecule has 0 aliphatic rings. The first kappa shape index (κ1) is 20.2. The van der Waals surface area contributed by atoms with Crippen LogP contribution >= 0.6 is 11.6 Å². The van der Waals surface area contributed by atoms with Crippen molar-refractivity contribution in [2.45, 2.75) is 12.8 Å². The molecular formula is C25H26ClNO. The molecule has 2 nitrogen and oxygen atoms in total. The maximum absolute atomic E-state index is 6.86. The lowest BCUT2D eigenvalue weighted by Gasteiger charge is -2.13. The molecule has 3 heteroatoms. The number of rotatable bonds is 9. The first-order valence-electron chi connectivity index (χ1n) is 9.68. The molecule has 0 radical (unpaired) electrons. The second-order valence-corrected chi connectivity index (χ2v) is 6.98. The second-order valence-electron chi connectivity index (χ2n) is 6.60. The Kier molecular flexibility index (Phi) is 7.71. The summed E-state index contributed by atoms with van der Waals surface area (Å²) < 4.78 is 5.86. The fraction of sp³-hybridized carbons (Fsp3) is 0.200. The SMILES string of the molecule is CNCCCCOc1ccc(/C(=C(\Cl)c2ccccc2)c2ccccc2)cc1. The highest BCUT2D eigenvalue weighted by atomic mass is 35.5. The van der Waals surface area contributed by atoms with E-state index < -0.39 is 0 Å². The summed E-state index contributed by atoms with van der Waals surface area (Å²) in [5.74, 6) is 0.886. The molecule has 0 saturated carbocycles. The van der Waals surface area contributed by atoms with Crippen LogP contribution in [-0.2, 0) is 0 Å². The molecule has 3 rings (SSSR count). The van der Waals surface area contributed by atoms with Crippen molar-refractivity contribution in [1.29, 1.82) is 0 Å². The highest BCUT2D eigenvalue weighted by molar-refractivity contribution is 6.53. The van der Waals surface area contributed by atoms with Gasteiger partial charge in [0.1, 0.15) is 5.75 Å². The first-order chi connectivity index (χ1) is 13.8. The second kappa shape index (κ2) is 10.7. The highest BCUT2D eigenvalue weighted by Gasteiger charge is 2.12. The minimum atomic E-state index is 0.729. The Balaban J connectivity index is 1.85. The van der Waals surface area contributed by atoms with Gasteiger partial charge in [-0.2, -0.15) is 0 Å². The third kappa shape index (κ3) is 5.48. The van der Waals surface area contributed by atoms with Crippen LogP contribution in [0.3, 0.4) is 0 Å². The van der Waals surface area contributed by atoms with E-state index in [1.165, 1.54) is 0 Å². The number of nitrogens with one attached hydrogen (secondary N) is 1. The molecule has 0 unspecified atom stereocenters. The predicted molar refractivity (Wildman–Crippen MR) is 120 cm³/mol. The number of hydrogen-bond acceptors (Lipinski definition) is 2. The van der Waals surface area contributed by atoms with Crippen molar-refractivity contribution in [3.05, 3.63) is 102 Å². The Hall–Kier alpha value is -2.55. The topological polar surface area (TPSA) is 21.3 Å². The molecular weight excluding hydrogens is 366 g/mol. The van der Waals surface area contributed by atoms with Gasteiger partial charge in [-0.15, -0.1) is 0 Å². The van der Waals surface area contributed by atoms with E-state index in [1.54, 1.807) is 0 Å². The van der Waals surface area contributed by atoms with Gasteiger partial charge >= 0.3 is 0 Å². The number of unbranched alkanes of at least 4 members (excludes halogenated alkanes) is 1. The fourth-order valence-corrected chi connectivity index (χ4v) is 3.41. The van der Waals surface area contributed by atoms with Gasteiger partial charge in [0.05, 0.1) is 11.6 Å². The standard InChI is InChI=1S/C25H26ClNO/c1-27-18-8-9-19-28-23-16-14-21(15-17-23)24(20-10-4-2-5-11-20)25(26)22-12-6-3-7-13-22/h2-7,10-17,27H,8-9,18-19H2,1H3/b25-24-. The van der Waals surface area contributed by atoms with E-state index in [0.29, 0.717) is 0 Å². The van der Waals surface area contributed by atoms with Crippen LogP contribution in [0.5, 0.6) is 5.75 Å². The molecule has 1 N–H and O–H groups in total. The molecule has 3 aromatic rings. The molecule has 0 heterocycles. The third-order valence-corrected chi connectivity index (χ3v) is 4.95. The summed E-state index contributed by atoms with van der Waals surface area (Å²) in [6.45, 7) is 1.75. The monoisotopic (exact) mass is 391 g/mol. The van der Waals surface area contributed by atoms with Gasteiger partial charge in [0.25, 0.3) is 0 Å². The Morgan fingerprint density at radius 1 is 0.750 bits per heavy atom. The lowest BCUT2D eigenvalue weighted by molar-refractivity contribution is 0.306. The minimum absolute atomic E-state index is 0.729. The molecule has 0 spiro atoms. The molecule has 0 bridgehead atoms. The summed E-state index contributed by atoms with van der Waals surface area (Å²) in [4.78, 5) is 0. The molecule has 0 aliphatic carbocycles. The zero-order chi connectivity index (χ0) is 19.6. The number of halogens is 1. The maximum atomic E-state index is 6.86. The molecule has 3 aromatic carbocycles. The van der Waals surface area contributed by atoms with E-state index in [9.17, 15) is 0 Å². The zero-order valence-electron chi connectivity index (χ0n) is 16.2. The summed E-state index contributed by atoms with van der Waals surface area (Å²) in [5, 5.41) is 3.90. The number of benzene rings is 3. The number of hydrogen-bond donors (Lipinski definition) is 1. The average Bonchev–Trinajstić information content (AvgIpc) is 2.76. The van der Waals surface area contributed by atoms with Gasteiger partial charge in [0.2, 0.25) is 0 Å². The van der Waals surface area contributed by atoms with Crippen molar-refractivity contribution in [2.75, 3.05) is 20.2 Å². The zero-order valence-corrected chi connectivity index (χ0v) is 17.0. The lowest BCUT2D eigenvalue weighted by Crippen LogP contribution is -2.09. The molecule has 0 aromatic heterocycles. The van der Waals surface area contributed by atoms with Crippen LogP contribution < -0.4 is 10.1 Å². The highest BCUT2D eigenvalue weighted by Crippen LogP contribution is 2.35. The van der Waals surface area contributed by atoms with Crippen molar-refractivity contribution in [1.82, 2.24) is 5.32 Å². The van der Waals surface area contributed by atoms with Crippen LogP contribution in [0, 0.1) is 0 Å². The molecule has 144 valence electrons. The largest absolute Gasteiger partial charge is 0.494 e. The van der Waals surface area contributed by atoms with Crippen LogP contribution in [-0.4, -0.2) is 20.2 Å². The van der Waals surface area contributed by atoms with Crippen LogP contribution in [0.4, 0.5) is 0 Å². The van der Waals surface area contributed by atoms with Gasteiger partial charge < -0.3 is 10.1 Å². The fourth-order valence-electron chi connectivity index (χ4n) is 3.07. The summed E-state index contributed by atoms with van der Waals surface area (Å²) in [6.07, 6.45) is 2.15. The van der Waals surface area contributed by atoms with Crippen molar-refractivity contribution in [2.24, 2.45) is 0 Å². The Morgan fingerprint density at radius 2 is 1.32 bits per heavy atom. The first-order valence-corrected chi connectivity index (χ1v) is 10.1. The Labute approximate surface area is 172 Å². The van der Waals surface area contributed by atoms with Gasteiger partial charge in [-0.1, -0.05) is 84.4 Å². The van der Waals surface area contributed by atoms with Crippen LogP contribution in [0.1, 0.15) is 29.5 Å². The predicted octanol–water partition coefficient (Wildman–Crippen LogP) is 6.22. The van der Waals surface area contributed by atoms with E-state index in [4.69, 9.17) is 16.3 Å². The normalized spacial score (nSPS) is 11.8. The van der Waals surface area contributed by atoms with E-state index in [0.717, 1.165) is 59.0 Å². The van der Waals surface area contributed by atoms with E-state index >= 15 is 0 Å². The van der Waals surface area contributed by atoms with Crippen molar-refractivity contribution >= 4 is 22.2 Å². The van der Waals surface area contributed by atoms with Gasteiger partial charge in [-0.05, 0) is 55.3 Å². The summed E-state index contributed by atoms with van der Waals surface area (Å²) in [6, 6.07) is 28.5. The Morgan fingerprint density at radius 3 is 1.93 bits per heavy atom. The molecule has 0 amide bonds. The van der Waals surface area contributed by atoms with Gasteiger partial charge in [0, 0.05) is 5.57 Å². The van der Waals surface area contributed by atoms with E-state index in [-0.39, 0.29) is 0 Å². The van der Waals surface area contributed by atoms with Gasteiger partial charge in [0.15, 0.2) is 0 Å². The molecule has 28 heavy (non-hydrogen) atoms. The quantitative estimate of drug-likeness (QED) is 0.345. The third-order valence-electron chi connectivity index (χ3n) is 4.54. The maximum Gasteiger partial charge on any atom is 0.119 e. The van der Waals surface area contributed by atoms with E-state index in [2.05, 4.69) is 29.6 Å². The van der Waals surface area contributed by atoms with Crippen LogP contribution in [0.25, 0.3) is 10.6 Å². The Bertz CT molecular complexity index is 873. The molecule has 0 fully saturated rings. The molecule has 0 aliphatic heterocycles. The lowest BCUT2D eigenvalue weighted by atomic mass is 9.95. The van der Waals surface area contributed by atoms with Crippen molar-refractivity contribution in [3.63, 3.8) is 0 Å². The average molecular weight is 392 g/mol. The van der Waals surface area contributed by atoms with E-state index in [1.807, 2.05) is 67.7 Å². The molecule has 0 saturated heterocycles. The smallest absolute Gasteiger partial charge is 0.119 e. The van der Waals surface area contributed by atoms with Gasteiger partial charge in [-0.3, -0.25) is 0 Å². The number of ether oxygens (including phenoxy) is 1. The van der Waals surface area contributed by atoms with Crippen molar-refractivity contribution < 1.29 is 4.74 Å². The minimum Gasteiger partial charge on any atom is -0.494 e. The van der Waals surface area contributed by atoms with Crippen LogP contribution in [0.15, 0.2) is 84.9 Å². The van der Waals surface area contributed by atoms with Crippen molar-refractivity contribution in [3.8, 4) is 5.75 Å². The van der Waals surface area contributed by atoms with Gasteiger partial charge in [-0.25, -0.2) is 0 Å². The summed E-state index contributed by atoms with van der Waals surface area (Å²) in [5.41, 5.74) is 4.20. The summed E-state index contributed by atoms with van der Waals surface area (Å²) in [7, 11) is 1.97. The summed E-state index contributed by atoms with van der Waals surface area (Å²) >= 11 is 6.86.